The van der Waals surface area contributed by atoms with E-state index in [0.717, 1.165) is 60.2 Å². The van der Waals surface area contributed by atoms with Crippen LogP contribution >= 0.6 is 11.3 Å². The summed E-state index contributed by atoms with van der Waals surface area (Å²) in [6, 6.07) is 0. The van der Waals surface area contributed by atoms with Crippen molar-refractivity contribution in [2.45, 2.75) is 46.1 Å². The number of piperidine rings is 1. The van der Waals surface area contributed by atoms with Crippen LogP contribution in [0, 0.1) is 12.8 Å². The predicted octanol–water partition coefficient (Wildman–Crippen LogP) is 2.24. The van der Waals surface area contributed by atoms with Crippen LogP contribution in [0.2, 0.25) is 0 Å². The molecule has 2 aromatic rings. The van der Waals surface area contributed by atoms with Crippen LogP contribution in [0.5, 0.6) is 0 Å². The minimum absolute atomic E-state index is 0.171. The number of hydrogen-bond donors (Lipinski definition) is 1. The number of rotatable bonds is 6. The van der Waals surface area contributed by atoms with E-state index in [9.17, 15) is 9.90 Å². The van der Waals surface area contributed by atoms with Gasteiger partial charge in [-0.05, 0) is 52.2 Å². The molecule has 0 bridgehead atoms. The average molecular weight is 363 g/mol. The van der Waals surface area contributed by atoms with Gasteiger partial charge in [-0.3, -0.25) is 4.79 Å². The van der Waals surface area contributed by atoms with E-state index in [-0.39, 0.29) is 6.54 Å². The molecule has 0 spiro atoms. The molecule has 0 aliphatic carbocycles. The molecule has 3 heterocycles. The third-order valence-electron chi connectivity index (χ3n) is 4.65. The van der Waals surface area contributed by atoms with Crippen molar-refractivity contribution in [2.24, 2.45) is 5.92 Å². The fourth-order valence-corrected chi connectivity index (χ4v) is 4.29. The molecule has 2 aromatic heterocycles. The number of nitrogens with zero attached hydrogens (tertiary/aromatic N) is 5. The van der Waals surface area contributed by atoms with Crippen LogP contribution in [0.25, 0.3) is 10.7 Å². The molecule has 25 heavy (non-hydrogen) atoms. The van der Waals surface area contributed by atoms with E-state index in [1.807, 2.05) is 6.92 Å². The van der Waals surface area contributed by atoms with Gasteiger partial charge in [-0.1, -0.05) is 6.92 Å². The normalized spacial score (nSPS) is 16.4. The second kappa shape index (κ2) is 7.61. The molecule has 1 N–H and O–H groups in total. The largest absolute Gasteiger partial charge is 0.480 e. The van der Waals surface area contributed by atoms with Crippen LogP contribution < -0.4 is 0 Å². The molecule has 1 aliphatic rings. The molecule has 1 fully saturated rings. The van der Waals surface area contributed by atoms with Crippen molar-refractivity contribution < 1.29 is 9.90 Å². The van der Waals surface area contributed by atoms with Gasteiger partial charge in [-0.15, -0.1) is 11.3 Å². The highest BCUT2D eigenvalue weighted by atomic mass is 32.1. The summed E-state index contributed by atoms with van der Waals surface area (Å²) in [4.78, 5) is 23.8. The van der Waals surface area contributed by atoms with Gasteiger partial charge < -0.3 is 10.0 Å². The summed E-state index contributed by atoms with van der Waals surface area (Å²) in [7, 11) is 2.15. The van der Waals surface area contributed by atoms with Gasteiger partial charge in [-0.2, -0.15) is 5.10 Å². The Hall–Kier alpha value is -1.80. The van der Waals surface area contributed by atoms with Crippen molar-refractivity contribution in [2.75, 3.05) is 20.1 Å². The lowest BCUT2D eigenvalue weighted by molar-refractivity contribution is -0.137. The van der Waals surface area contributed by atoms with Crippen molar-refractivity contribution in [3.63, 3.8) is 0 Å². The maximum Gasteiger partial charge on any atom is 0.325 e. The number of thiazole rings is 1. The second-order valence-corrected chi connectivity index (χ2v) is 7.92. The smallest absolute Gasteiger partial charge is 0.325 e. The quantitative estimate of drug-likeness (QED) is 0.847. The molecule has 1 saturated heterocycles. The molecule has 7 nitrogen and oxygen atoms in total. The Morgan fingerprint density at radius 1 is 1.32 bits per heavy atom. The number of aromatic nitrogens is 4. The van der Waals surface area contributed by atoms with E-state index in [1.54, 1.807) is 11.3 Å². The maximum absolute atomic E-state index is 11.2. The lowest BCUT2D eigenvalue weighted by atomic mass is 9.94. The third-order valence-corrected chi connectivity index (χ3v) is 5.66. The van der Waals surface area contributed by atoms with Crippen LogP contribution in [-0.4, -0.2) is 55.9 Å². The van der Waals surface area contributed by atoms with E-state index >= 15 is 0 Å². The van der Waals surface area contributed by atoms with Gasteiger partial charge in [0.25, 0.3) is 0 Å². The zero-order chi connectivity index (χ0) is 18.0. The molecule has 0 atom stereocenters. The number of aliphatic carboxylic acids is 1. The monoisotopic (exact) mass is 363 g/mol. The van der Waals surface area contributed by atoms with Crippen molar-refractivity contribution in [3.05, 3.63) is 16.5 Å². The van der Waals surface area contributed by atoms with E-state index < -0.39 is 5.97 Å². The molecule has 0 saturated carbocycles. The second-order valence-electron chi connectivity index (χ2n) is 6.72. The molecular formula is C17H25N5O2S. The van der Waals surface area contributed by atoms with E-state index in [4.69, 9.17) is 4.98 Å². The first-order valence-corrected chi connectivity index (χ1v) is 9.58. The highest BCUT2D eigenvalue weighted by Gasteiger charge is 2.23. The number of likely N-dealkylation sites (tertiary alicyclic amines) is 1. The van der Waals surface area contributed by atoms with Crippen molar-refractivity contribution in [1.29, 1.82) is 0 Å². The first kappa shape index (κ1) is 18.0. The number of carboxylic acid groups (broad SMARTS) is 1. The SMILES string of the molecule is CCc1nc(C)sc1-c1nc(CC2CCN(C)CC2)nn1CC(=O)O. The van der Waals surface area contributed by atoms with E-state index in [2.05, 4.69) is 29.0 Å². The Labute approximate surface area is 151 Å². The standard InChI is InChI=1S/C17H25N5O2S/c1-4-13-16(25-11(2)18-13)17-19-14(20-22(17)10-15(23)24)9-12-5-7-21(3)8-6-12/h12H,4-10H2,1-3H3,(H,23,24). The summed E-state index contributed by atoms with van der Waals surface area (Å²) >= 11 is 1.56. The van der Waals surface area contributed by atoms with Gasteiger partial charge in [0, 0.05) is 6.42 Å². The summed E-state index contributed by atoms with van der Waals surface area (Å²) in [5.41, 5.74) is 0.965. The maximum atomic E-state index is 11.2. The number of carbonyl (C=O) groups is 1. The van der Waals surface area contributed by atoms with Gasteiger partial charge in [0.15, 0.2) is 11.6 Å². The topological polar surface area (TPSA) is 84.1 Å². The number of carboxylic acids is 1. The molecule has 8 heteroatoms. The number of hydrogen-bond acceptors (Lipinski definition) is 6. The Balaban J connectivity index is 1.88. The molecule has 0 aromatic carbocycles. The van der Waals surface area contributed by atoms with Gasteiger partial charge in [-0.25, -0.2) is 14.6 Å². The summed E-state index contributed by atoms with van der Waals surface area (Å²) < 4.78 is 1.53. The first-order chi connectivity index (χ1) is 12.0. The molecule has 3 rings (SSSR count). The average Bonchev–Trinajstić information content (AvgIpc) is 3.12. The summed E-state index contributed by atoms with van der Waals surface area (Å²) in [6.45, 7) is 6.04. The molecule has 0 amide bonds. The minimum Gasteiger partial charge on any atom is -0.480 e. The molecular weight excluding hydrogens is 338 g/mol. The van der Waals surface area contributed by atoms with Crippen LogP contribution in [0.15, 0.2) is 0 Å². The summed E-state index contributed by atoms with van der Waals surface area (Å²) in [5.74, 6) is 1.06. The molecule has 136 valence electrons. The van der Waals surface area contributed by atoms with Crippen molar-refractivity contribution in [3.8, 4) is 10.7 Å². The Morgan fingerprint density at radius 3 is 2.68 bits per heavy atom. The molecule has 0 radical (unpaired) electrons. The van der Waals surface area contributed by atoms with Crippen molar-refractivity contribution in [1.82, 2.24) is 24.6 Å². The Bertz CT molecular complexity index is 746. The minimum atomic E-state index is -0.906. The van der Waals surface area contributed by atoms with Crippen molar-refractivity contribution >= 4 is 17.3 Å². The molecule has 1 aliphatic heterocycles. The highest BCUT2D eigenvalue weighted by Crippen LogP contribution is 2.30. The Kier molecular flexibility index (Phi) is 5.48. The Morgan fingerprint density at radius 2 is 2.04 bits per heavy atom. The molecule has 0 unspecified atom stereocenters. The fourth-order valence-electron chi connectivity index (χ4n) is 3.29. The zero-order valence-electron chi connectivity index (χ0n) is 15.0. The van der Waals surface area contributed by atoms with E-state index in [0.29, 0.717) is 11.7 Å². The van der Waals surface area contributed by atoms with Crippen LogP contribution in [0.4, 0.5) is 0 Å². The highest BCUT2D eigenvalue weighted by molar-refractivity contribution is 7.15. The zero-order valence-corrected chi connectivity index (χ0v) is 15.8. The van der Waals surface area contributed by atoms with Crippen LogP contribution in [-0.2, 0) is 24.2 Å². The van der Waals surface area contributed by atoms with Crippen LogP contribution in [0.1, 0.15) is 36.3 Å². The predicted molar refractivity (Wildman–Crippen MR) is 96.8 cm³/mol. The fraction of sp³-hybridized carbons (Fsp3) is 0.647. The van der Waals surface area contributed by atoms with Crippen LogP contribution in [0.3, 0.4) is 0 Å². The first-order valence-electron chi connectivity index (χ1n) is 8.77. The summed E-state index contributed by atoms with van der Waals surface area (Å²) in [5, 5.41) is 14.7. The van der Waals surface area contributed by atoms with E-state index in [1.165, 1.54) is 4.68 Å². The number of aryl methyl sites for hydroxylation is 2. The third kappa shape index (κ3) is 4.24. The van der Waals surface area contributed by atoms with Gasteiger partial charge >= 0.3 is 5.97 Å². The summed E-state index contributed by atoms with van der Waals surface area (Å²) in [6.07, 6.45) is 3.88. The lowest BCUT2D eigenvalue weighted by Crippen LogP contribution is -2.31. The van der Waals surface area contributed by atoms with Gasteiger partial charge in [0.05, 0.1) is 15.6 Å². The van der Waals surface area contributed by atoms with Gasteiger partial charge in [0.2, 0.25) is 0 Å². The lowest BCUT2D eigenvalue weighted by Gasteiger charge is -2.28. The van der Waals surface area contributed by atoms with Gasteiger partial charge in [0.1, 0.15) is 6.54 Å².